The van der Waals surface area contributed by atoms with Gasteiger partial charge < -0.3 is 4.90 Å². The lowest BCUT2D eigenvalue weighted by atomic mass is 10.1. The Kier molecular flexibility index (Phi) is 3.13. The van der Waals surface area contributed by atoms with E-state index >= 15 is 0 Å². The van der Waals surface area contributed by atoms with Gasteiger partial charge in [0.25, 0.3) is 5.91 Å². The molecule has 0 fully saturated rings. The van der Waals surface area contributed by atoms with Crippen molar-refractivity contribution >= 4 is 11.4 Å². The third kappa shape index (κ3) is 2.24. The number of halogens is 1. The molecule has 0 aliphatic heterocycles. The van der Waals surface area contributed by atoms with E-state index in [9.17, 15) is 9.18 Å². The predicted molar refractivity (Wildman–Crippen MR) is 76.4 cm³/mol. The second-order valence-electron chi connectivity index (χ2n) is 4.82. The van der Waals surface area contributed by atoms with Crippen LogP contribution in [0.2, 0.25) is 0 Å². The van der Waals surface area contributed by atoms with Gasteiger partial charge in [-0.1, -0.05) is 0 Å². The van der Waals surface area contributed by atoms with Crippen molar-refractivity contribution in [1.82, 2.24) is 19.3 Å². The summed E-state index contributed by atoms with van der Waals surface area (Å²) in [6, 6.07) is 6.00. The van der Waals surface area contributed by atoms with Gasteiger partial charge in [0.1, 0.15) is 5.82 Å². The number of amides is 1. The van der Waals surface area contributed by atoms with Crippen molar-refractivity contribution in [2.45, 2.75) is 0 Å². The Labute approximate surface area is 120 Å². The number of carbonyl (C=O) groups is 1. The first-order valence-electron chi connectivity index (χ1n) is 6.37. The standard InChI is InChI=1S/C15H13FN4O/c1-19(2)15(21)14-18-13(10-3-5-11(16)6-4-10)12-9-17-7-8-20(12)14/h3-9H,1-2H3. The maximum Gasteiger partial charge on any atom is 0.289 e. The molecule has 0 radical (unpaired) electrons. The molecule has 2 aromatic heterocycles. The molecule has 0 aliphatic rings. The van der Waals surface area contributed by atoms with Gasteiger partial charge in [-0.05, 0) is 24.3 Å². The molecule has 3 aromatic rings. The van der Waals surface area contributed by atoms with Crippen LogP contribution in [0.25, 0.3) is 16.8 Å². The molecule has 0 atom stereocenters. The molecule has 2 heterocycles. The average molecular weight is 284 g/mol. The Morgan fingerprint density at radius 3 is 2.62 bits per heavy atom. The number of hydrogen-bond donors (Lipinski definition) is 0. The van der Waals surface area contributed by atoms with E-state index in [0.717, 1.165) is 5.56 Å². The lowest BCUT2D eigenvalue weighted by molar-refractivity contribution is 0.0815. The largest absolute Gasteiger partial charge is 0.342 e. The Balaban J connectivity index is 2.24. The van der Waals surface area contributed by atoms with Crippen LogP contribution in [0, 0.1) is 5.82 Å². The van der Waals surface area contributed by atoms with E-state index in [1.807, 2.05) is 0 Å². The highest BCUT2D eigenvalue weighted by Crippen LogP contribution is 2.25. The SMILES string of the molecule is CN(C)C(=O)c1nc(-c2ccc(F)cc2)c2cnccn12. The molecule has 0 unspecified atom stereocenters. The van der Waals surface area contributed by atoms with Gasteiger partial charge in [0, 0.05) is 32.1 Å². The first-order valence-corrected chi connectivity index (χ1v) is 6.37. The van der Waals surface area contributed by atoms with E-state index < -0.39 is 0 Å². The van der Waals surface area contributed by atoms with E-state index in [4.69, 9.17) is 0 Å². The Bertz CT molecular complexity index is 808. The first kappa shape index (κ1) is 13.2. The lowest BCUT2D eigenvalue weighted by Crippen LogP contribution is -2.24. The topological polar surface area (TPSA) is 50.5 Å². The lowest BCUT2D eigenvalue weighted by Gasteiger charge is -2.08. The number of carbonyl (C=O) groups excluding carboxylic acids is 1. The summed E-state index contributed by atoms with van der Waals surface area (Å²) in [6.45, 7) is 0. The van der Waals surface area contributed by atoms with Crippen molar-refractivity contribution in [3.05, 3.63) is 54.5 Å². The molecule has 0 bridgehead atoms. The molecule has 0 aliphatic carbocycles. The van der Waals surface area contributed by atoms with Gasteiger partial charge in [-0.25, -0.2) is 9.37 Å². The quantitative estimate of drug-likeness (QED) is 0.725. The molecule has 0 saturated carbocycles. The summed E-state index contributed by atoms with van der Waals surface area (Å²) in [5, 5.41) is 0. The number of imidazole rings is 1. The fraction of sp³-hybridized carbons (Fsp3) is 0.133. The van der Waals surface area contributed by atoms with Gasteiger partial charge in [-0.2, -0.15) is 0 Å². The molecular formula is C15H13FN4O. The average Bonchev–Trinajstić information content (AvgIpc) is 2.87. The van der Waals surface area contributed by atoms with Crippen molar-refractivity contribution in [2.75, 3.05) is 14.1 Å². The fourth-order valence-electron chi connectivity index (χ4n) is 2.11. The zero-order chi connectivity index (χ0) is 15.0. The molecule has 3 rings (SSSR count). The Morgan fingerprint density at radius 2 is 1.95 bits per heavy atom. The van der Waals surface area contributed by atoms with Gasteiger partial charge in [-0.15, -0.1) is 0 Å². The smallest absolute Gasteiger partial charge is 0.289 e. The second-order valence-corrected chi connectivity index (χ2v) is 4.82. The summed E-state index contributed by atoms with van der Waals surface area (Å²) in [4.78, 5) is 22.2. The fourth-order valence-corrected chi connectivity index (χ4v) is 2.11. The van der Waals surface area contributed by atoms with E-state index in [0.29, 0.717) is 17.0 Å². The monoisotopic (exact) mass is 284 g/mol. The number of aromatic nitrogens is 3. The van der Waals surface area contributed by atoms with Crippen LogP contribution < -0.4 is 0 Å². The number of hydrogen-bond acceptors (Lipinski definition) is 3. The highest BCUT2D eigenvalue weighted by molar-refractivity contribution is 5.94. The number of nitrogens with zero attached hydrogens (tertiary/aromatic N) is 4. The summed E-state index contributed by atoms with van der Waals surface area (Å²) in [5.74, 6) is -0.216. The number of rotatable bonds is 2. The normalized spacial score (nSPS) is 10.8. The molecule has 1 amide bonds. The minimum atomic E-state index is -0.315. The molecule has 6 heteroatoms. The van der Waals surface area contributed by atoms with Crippen molar-refractivity contribution in [2.24, 2.45) is 0 Å². The van der Waals surface area contributed by atoms with Gasteiger partial charge in [0.2, 0.25) is 5.82 Å². The van der Waals surface area contributed by atoms with E-state index in [1.54, 1.807) is 49.2 Å². The number of fused-ring (bicyclic) bond motifs is 1. The van der Waals surface area contributed by atoms with Gasteiger partial charge >= 0.3 is 0 Å². The summed E-state index contributed by atoms with van der Waals surface area (Å²) >= 11 is 0. The van der Waals surface area contributed by atoms with Crippen LogP contribution >= 0.6 is 0 Å². The third-order valence-electron chi connectivity index (χ3n) is 3.16. The van der Waals surface area contributed by atoms with Crippen LogP contribution in [0.15, 0.2) is 42.9 Å². The van der Waals surface area contributed by atoms with E-state index in [-0.39, 0.29) is 11.7 Å². The predicted octanol–water partition coefficient (Wildman–Crippen LogP) is 2.24. The molecule has 0 spiro atoms. The minimum Gasteiger partial charge on any atom is -0.342 e. The first-order chi connectivity index (χ1) is 10.1. The van der Waals surface area contributed by atoms with Gasteiger partial charge in [0.05, 0.1) is 17.4 Å². The molecule has 21 heavy (non-hydrogen) atoms. The van der Waals surface area contributed by atoms with Crippen molar-refractivity contribution in [1.29, 1.82) is 0 Å². The third-order valence-corrected chi connectivity index (χ3v) is 3.16. The summed E-state index contributed by atoms with van der Waals surface area (Å²) in [7, 11) is 3.34. The van der Waals surface area contributed by atoms with Gasteiger partial charge in [0.15, 0.2) is 0 Å². The number of benzene rings is 1. The Morgan fingerprint density at radius 1 is 1.24 bits per heavy atom. The highest BCUT2D eigenvalue weighted by atomic mass is 19.1. The summed E-state index contributed by atoms with van der Waals surface area (Å²) in [6.07, 6.45) is 4.92. The van der Waals surface area contributed by atoms with Crippen molar-refractivity contribution in [3.8, 4) is 11.3 Å². The van der Waals surface area contributed by atoms with Crippen LogP contribution in [0.3, 0.4) is 0 Å². The molecule has 106 valence electrons. The van der Waals surface area contributed by atoms with Crippen LogP contribution in [-0.2, 0) is 0 Å². The maximum atomic E-state index is 13.1. The molecule has 1 aromatic carbocycles. The highest BCUT2D eigenvalue weighted by Gasteiger charge is 2.19. The van der Waals surface area contributed by atoms with E-state index in [1.165, 1.54) is 17.0 Å². The zero-order valence-corrected chi connectivity index (χ0v) is 11.6. The maximum absolute atomic E-state index is 13.1. The second kappa shape index (κ2) is 4.97. The molecule has 0 saturated heterocycles. The summed E-state index contributed by atoms with van der Waals surface area (Å²) < 4.78 is 14.7. The zero-order valence-electron chi connectivity index (χ0n) is 11.6. The molecular weight excluding hydrogens is 271 g/mol. The van der Waals surface area contributed by atoms with Crippen LogP contribution in [0.5, 0.6) is 0 Å². The van der Waals surface area contributed by atoms with E-state index in [2.05, 4.69) is 9.97 Å². The van der Waals surface area contributed by atoms with Crippen molar-refractivity contribution in [3.63, 3.8) is 0 Å². The van der Waals surface area contributed by atoms with Crippen molar-refractivity contribution < 1.29 is 9.18 Å². The minimum absolute atomic E-state index is 0.204. The summed E-state index contributed by atoms with van der Waals surface area (Å²) in [5.41, 5.74) is 2.04. The van der Waals surface area contributed by atoms with Gasteiger partial charge in [-0.3, -0.25) is 14.2 Å². The molecule has 5 nitrogen and oxygen atoms in total. The Hall–Kier alpha value is -2.76. The molecule has 0 N–H and O–H groups in total. The van der Waals surface area contributed by atoms with Crippen LogP contribution in [-0.4, -0.2) is 39.3 Å². The van der Waals surface area contributed by atoms with Crippen LogP contribution in [0.4, 0.5) is 4.39 Å². The van der Waals surface area contributed by atoms with Crippen LogP contribution in [0.1, 0.15) is 10.6 Å².